The van der Waals surface area contributed by atoms with Gasteiger partial charge in [-0.05, 0) is 49.7 Å². The Hall–Kier alpha value is -4.18. The van der Waals surface area contributed by atoms with Crippen LogP contribution in [0, 0.1) is 0 Å². The molecule has 0 radical (unpaired) electrons. The number of likely N-dealkylation sites (tertiary alicyclic amines) is 2. The SMILES string of the molecule is O=C(CCCCBr)O[C@@H]1C[C@@H](C(=O)N[C@@H]2CCCC[C@H]2NC(=O)[C@@H]2C[C@@H](OC(=O)CCCCBr)CN2C(=O)OCc2ccccc2)N(C(=O)OCc2ccccc2)C1. The predicted molar refractivity (Wildman–Crippen MR) is 221 cm³/mol. The summed E-state index contributed by atoms with van der Waals surface area (Å²) >= 11 is 6.73. The Morgan fingerprint density at radius 2 is 0.983 bits per heavy atom. The number of halogens is 2. The van der Waals surface area contributed by atoms with Gasteiger partial charge in [0, 0.05) is 48.4 Å². The second kappa shape index (κ2) is 23.4. The molecule has 3 fully saturated rings. The van der Waals surface area contributed by atoms with Crippen LogP contribution in [-0.2, 0) is 51.3 Å². The number of carbonyl (C=O) groups excluding carboxylic acids is 6. The molecule has 2 aromatic rings. The van der Waals surface area contributed by atoms with E-state index in [1.165, 1.54) is 9.80 Å². The molecule has 0 bridgehead atoms. The van der Waals surface area contributed by atoms with Gasteiger partial charge in [0.1, 0.15) is 37.5 Å². The van der Waals surface area contributed by atoms with E-state index < -0.39 is 72.3 Å². The number of carbonyl (C=O) groups is 6. The standard InChI is InChI=1S/C42H54Br2N4O10/c43-21-11-9-19-37(49)57-31-23-35(47(25-31)41(53)55-27-29-13-3-1-4-14-29)39(51)45-33-17-7-8-18-34(33)46-40(52)36-24-32(58-38(50)20-10-12-22-44)26-48(36)42(54)56-28-30-15-5-2-6-16-30/h1-6,13-16,31-36H,7-12,17-28H2,(H,45,51)(H,46,52)/t31-,32-,33-,34-,35+,36+/m1/s1. The maximum Gasteiger partial charge on any atom is 0.410 e. The lowest BCUT2D eigenvalue weighted by molar-refractivity contribution is -0.149. The number of nitrogens with one attached hydrogen (secondary N) is 2. The van der Waals surface area contributed by atoms with Crippen molar-refractivity contribution in [1.29, 1.82) is 0 Å². The van der Waals surface area contributed by atoms with E-state index in [4.69, 9.17) is 18.9 Å². The molecule has 2 aliphatic heterocycles. The first-order valence-electron chi connectivity index (χ1n) is 20.2. The first-order valence-corrected chi connectivity index (χ1v) is 22.5. The monoisotopic (exact) mass is 932 g/mol. The molecule has 1 aliphatic carbocycles. The van der Waals surface area contributed by atoms with Crippen LogP contribution in [0.2, 0.25) is 0 Å². The van der Waals surface area contributed by atoms with E-state index >= 15 is 0 Å². The lowest BCUT2D eigenvalue weighted by atomic mass is 9.89. The van der Waals surface area contributed by atoms with Gasteiger partial charge in [-0.1, -0.05) is 105 Å². The van der Waals surface area contributed by atoms with Gasteiger partial charge < -0.3 is 29.6 Å². The van der Waals surface area contributed by atoms with Gasteiger partial charge >= 0.3 is 24.1 Å². The van der Waals surface area contributed by atoms with Crippen LogP contribution in [0.4, 0.5) is 9.59 Å². The Bertz CT molecular complexity index is 1550. The maximum absolute atomic E-state index is 14.1. The van der Waals surface area contributed by atoms with Gasteiger partial charge in [-0.15, -0.1) is 0 Å². The second-order valence-electron chi connectivity index (χ2n) is 14.9. The summed E-state index contributed by atoms with van der Waals surface area (Å²) in [6.07, 6.45) is 3.50. The van der Waals surface area contributed by atoms with Crippen molar-refractivity contribution in [2.45, 2.75) is 127 Å². The summed E-state index contributed by atoms with van der Waals surface area (Å²) in [5.74, 6) is -1.67. The molecular weight excluding hydrogens is 880 g/mol. The zero-order valence-corrected chi connectivity index (χ0v) is 35.9. The number of unbranched alkanes of at least 4 members (excludes halogenated alkanes) is 2. The van der Waals surface area contributed by atoms with Gasteiger partial charge in [0.2, 0.25) is 11.8 Å². The van der Waals surface area contributed by atoms with E-state index in [2.05, 4.69) is 42.5 Å². The first kappa shape index (κ1) is 44.9. The summed E-state index contributed by atoms with van der Waals surface area (Å²) in [7, 11) is 0. The quantitative estimate of drug-likeness (QED) is 0.0749. The zero-order valence-electron chi connectivity index (χ0n) is 32.7. The van der Waals surface area contributed by atoms with Gasteiger partial charge in [-0.2, -0.15) is 0 Å². The molecule has 0 spiro atoms. The lowest BCUT2D eigenvalue weighted by Crippen LogP contribution is -2.58. The highest BCUT2D eigenvalue weighted by Crippen LogP contribution is 2.27. The summed E-state index contributed by atoms with van der Waals surface area (Å²) in [5, 5.41) is 7.71. The fraction of sp³-hybridized carbons (Fsp3) is 0.571. The van der Waals surface area contributed by atoms with E-state index in [-0.39, 0.29) is 52.0 Å². The van der Waals surface area contributed by atoms with Crippen LogP contribution in [0.3, 0.4) is 0 Å². The van der Waals surface area contributed by atoms with Crippen molar-refractivity contribution in [3.05, 3.63) is 71.8 Å². The van der Waals surface area contributed by atoms with Gasteiger partial charge in [0.25, 0.3) is 0 Å². The Kier molecular flexibility index (Phi) is 18.1. The number of nitrogens with zero attached hydrogens (tertiary/aromatic N) is 2. The van der Waals surface area contributed by atoms with Crippen LogP contribution in [0.25, 0.3) is 0 Å². The van der Waals surface area contributed by atoms with Crippen molar-refractivity contribution in [2.24, 2.45) is 0 Å². The number of amides is 4. The van der Waals surface area contributed by atoms with Gasteiger partial charge in [-0.25, -0.2) is 9.59 Å². The number of hydrogen-bond acceptors (Lipinski definition) is 10. The minimum absolute atomic E-state index is 0.000855. The Labute approximate surface area is 356 Å². The molecule has 0 unspecified atom stereocenters. The lowest BCUT2D eigenvalue weighted by Gasteiger charge is -2.35. The molecule has 58 heavy (non-hydrogen) atoms. The highest BCUT2D eigenvalue weighted by Gasteiger charge is 2.45. The average molecular weight is 935 g/mol. The van der Waals surface area contributed by atoms with Crippen LogP contribution >= 0.6 is 31.9 Å². The molecule has 2 saturated heterocycles. The summed E-state index contributed by atoms with van der Waals surface area (Å²) in [6, 6.07) is 15.5. The smallest absolute Gasteiger partial charge is 0.410 e. The summed E-state index contributed by atoms with van der Waals surface area (Å²) < 4.78 is 22.6. The largest absolute Gasteiger partial charge is 0.460 e. The Morgan fingerprint density at radius 1 is 0.586 bits per heavy atom. The van der Waals surface area contributed by atoms with Crippen molar-refractivity contribution in [2.75, 3.05) is 23.7 Å². The third-order valence-electron chi connectivity index (χ3n) is 10.6. The average Bonchev–Trinajstić information content (AvgIpc) is 3.85. The Morgan fingerprint density at radius 3 is 1.36 bits per heavy atom. The number of hydrogen-bond donors (Lipinski definition) is 2. The van der Waals surface area contributed by atoms with Crippen LogP contribution in [-0.4, -0.2) is 106 Å². The highest BCUT2D eigenvalue weighted by atomic mass is 79.9. The van der Waals surface area contributed by atoms with Crippen molar-refractivity contribution in [3.8, 4) is 0 Å². The third kappa shape index (κ3) is 13.7. The van der Waals surface area contributed by atoms with Crippen molar-refractivity contribution in [1.82, 2.24) is 20.4 Å². The first-order chi connectivity index (χ1) is 28.1. The fourth-order valence-corrected chi connectivity index (χ4v) is 8.32. The van der Waals surface area contributed by atoms with Crippen LogP contribution in [0.1, 0.15) is 88.2 Å². The molecule has 5 rings (SSSR count). The Balaban J connectivity index is 1.24. The molecule has 1 saturated carbocycles. The number of rotatable bonds is 18. The molecule has 2 N–H and O–H groups in total. The molecule has 2 heterocycles. The normalized spacial score (nSPS) is 22.8. The molecule has 14 nitrogen and oxygen atoms in total. The molecule has 3 aliphatic rings. The molecule has 316 valence electrons. The van der Waals surface area contributed by atoms with E-state index in [1.54, 1.807) is 0 Å². The van der Waals surface area contributed by atoms with Crippen molar-refractivity contribution < 1.29 is 47.7 Å². The molecule has 4 amide bonds. The summed E-state index contributed by atoms with van der Waals surface area (Å²) in [4.78, 5) is 82.9. The number of ether oxygens (including phenoxy) is 4. The van der Waals surface area contributed by atoms with E-state index in [0.717, 1.165) is 47.5 Å². The van der Waals surface area contributed by atoms with E-state index in [9.17, 15) is 28.8 Å². The third-order valence-corrected chi connectivity index (χ3v) is 11.7. The van der Waals surface area contributed by atoms with E-state index in [1.807, 2.05) is 60.7 Å². The molecular formula is C42H54Br2N4O10. The molecule has 2 aromatic carbocycles. The van der Waals surface area contributed by atoms with Gasteiger partial charge in [0.15, 0.2) is 0 Å². The number of alkyl halides is 2. The minimum Gasteiger partial charge on any atom is -0.460 e. The van der Waals surface area contributed by atoms with Crippen LogP contribution in [0.5, 0.6) is 0 Å². The summed E-state index contributed by atoms with van der Waals surface area (Å²) in [6.45, 7) is 0.0164. The number of benzene rings is 2. The molecule has 6 atom stereocenters. The van der Waals surface area contributed by atoms with Crippen LogP contribution in [0.15, 0.2) is 60.7 Å². The molecule has 0 aromatic heterocycles. The topological polar surface area (TPSA) is 170 Å². The van der Waals surface area contributed by atoms with Crippen molar-refractivity contribution >= 4 is 67.8 Å². The van der Waals surface area contributed by atoms with Gasteiger partial charge in [-0.3, -0.25) is 29.0 Å². The summed E-state index contributed by atoms with van der Waals surface area (Å²) in [5.41, 5.74) is 1.57. The zero-order chi connectivity index (χ0) is 41.3. The van der Waals surface area contributed by atoms with Crippen molar-refractivity contribution in [3.63, 3.8) is 0 Å². The van der Waals surface area contributed by atoms with E-state index in [0.29, 0.717) is 25.7 Å². The van der Waals surface area contributed by atoms with Crippen LogP contribution < -0.4 is 10.6 Å². The fourth-order valence-electron chi connectivity index (χ4n) is 7.52. The highest BCUT2D eigenvalue weighted by molar-refractivity contribution is 9.09. The molecule has 16 heteroatoms. The maximum atomic E-state index is 14.1. The minimum atomic E-state index is -0.975. The van der Waals surface area contributed by atoms with Gasteiger partial charge in [0.05, 0.1) is 13.1 Å². The predicted octanol–water partition coefficient (Wildman–Crippen LogP) is 6.31. The second-order valence-corrected chi connectivity index (χ2v) is 16.5. The number of esters is 2.